The van der Waals surface area contributed by atoms with Crippen LogP contribution in [0.2, 0.25) is 0 Å². The van der Waals surface area contributed by atoms with Crippen LogP contribution in [0.1, 0.15) is 13.3 Å². The van der Waals surface area contributed by atoms with Crippen molar-refractivity contribution in [2.45, 2.75) is 19.4 Å². The standard InChI is InChI=1S/C7H11NO/c1-6-7(9)4-3-5-8(6)2/h3,5-6H,4H2,1-2H3. The summed E-state index contributed by atoms with van der Waals surface area (Å²) in [7, 11) is 1.91. The molecule has 2 nitrogen and oxygen atoms in total. The van der Waals surface area contributed by atoms with Crippen LogP contribution in [0.3, 0.4) is 0 Å². The van der Waals surface area contributed by atoms with Gasteiger partial charge in [-0.3, -0.25) is 4.79 Å². The molecule has 0 saturated carbocycles. The third-order valence-corrected chi connectivity index (χ3v) is 1.74. The second-order valence-corrected chi connectivity index (χ2v) is 2.40. The Labute approximate surface area is 55.2 Å². The Bertz CT molecular complexity index is 151. The number of nitrogens with zero attached hydrogens (tertiary/aromatic N) is 1. The van der Waals surface area contributed by atoms with E-state index in [2.05, 4.69) is 0 Å². The monoisotopic (exact) mass is 125 g/mol. The van der Waals surface area contributed by atoms with Gasteiger partial charge >= 0.3 is 0 Å². The zero-order chi connectivity index (χ0) is 6.85. The molecule has 0 fully saturated rings. The molecule has 0 aromatic heterocycles. The zero-order valence-corrected chi connectivity index (χ0v) is 5.79. The van der Waals surface area contributed by atoms with Crippen LogP contribution in [0.5, 0.6) is 0 Å². The van der Waals surface area contributed by atoms with Crippen molar-refractivity contribution < 1.29 is 4.79 Å². The molecule has 0 radical (unpaired) electrons. The Balaban J connectivity index is 2.69. The van der Waals surface area contributed by atoms with Crippen molar-refractivity contribution >= 4 is 5.78 Å². The van der Waals surface area contributed by atoms with Crippen LogP contribution in [0.15, 0.2) is 12.3 Å². The number of hydrogen-bond acceptors (Lipinski definition) is 2. The summed E-state index contributed by atoms with van der Waals surface area (Å²) >= 11 is 0. The molecule has 50 valence electrons. The molecule has 9 heavy (non-hydrogen) atoms. The van der Waals surface area contributed by atoms with Crippen LogP contribution in [0, 0.1) is 0 Å². The van der Waals surface area contributed by atoms with E-state index in [0.29, 0.717) is 12.2 Å². The molecule has 1 aliphatic rings. The molecule has 0 saturated heterocycles. The molecule has 1 unspecified atom stereocenters. The SMILES string of the molecule is CC1C(=O)CC=CN1C. The van der Waals surface area contributed by atoms with Gasteiger partial charge in [-0.25, -0.2) is 0 Å². The Morgan fingerprint density at radius 1 is 1.78 bits per heavy atom. The van der Waals surface area contributed by atoms with Gasteiger partial charge < -0.3 is 4.90 Å². The van der Waals surface area contributed by atoms with Gasteiger partial charge in [-0.2, -0.15) is 0 Å². The van der Waals surface area contributed by atoms with Crippen LogP contribution in [0.4, 0.5) is 0 Å². The van der Waals surface area contributed by atoms with Gasteiger partial charge in [0, 0.05) is 13.5 Å². The van der Waals surface area contributed by atoms with Gasteiger partial charge in [-0.15, -0.1) is 0 Å². The fourth-order valence-corrected chi connectivity index (χ4v) is 0.862. The molecule has 1 rings (SSSR count). The van der Waals surface area contributed by atoms with Gasteiger partial charge in [0.15, 0.2) is 5.78 Å². The van der Waals surface area contributed by atoms with Gasteiger partial charge in [-0.05, 0) is 13.1 Å². The lowest BCUT2D eigenvalue weighted by molar-refractivity contribution is -0.122. The first-order chi connectivity index (χ1) is 4.22. The lowest BCUT2D eigenvalue weighted by Gasteiger charge is -2.24. The number of hydrogen-bond donors (Lipinski definition) is 0. The van der Waals surface area contributed by atoms with Crippen LogP contribution < -0.4 is 0 Å². The largest absolute Gasteiger partial charge is 0.371 e. The van der Waals surface area contributed by atoms with Crippen molar-refractivity contribution in [1.82, 2.24) is 4.90 Å². The predicted octanol–water partition coefficient (Wildman–Crippen LogP) is 0.793. The average molecular weight is 125 g/mol. The minimum atomic E-state index is 0.0787. The van der Waals surface area contributed by atoms with Crippen LogP contribution >= 0.6 is 0 Å². The molecule has 0 aromatic rings. The molecular weight excluding hydrogens is 114 g/mol. The van der Waals surface area contributed by atoms with Gasteiger partial charge in [0.1, 0.15) is 0 Å². The van der Waals surface area contributed by atoms with E-state index in [0.717, 1.165) is 0 Å². The summed E-state index contributed by atoms with van der Waals surface area (Å²) in [6.45, 7) is 1.92. The minimum Gasteiger partial charge on any atom is -0.371 e. The van der Waals surface area contributed by atoms with Gasteiger partial charge in [-0.1, -0.05) is 6.08 Å². The Kier molecular flexibility index (Phi) is 1.56. The minimum absolute atomic E-state index is 0.0787. The molecule has 1 heterocycles. The van der Waals surface area contributed by atoms with E-state index >= 15 is 0 Å². The fraction of sp³-hybridized carbons (Fsp3) is 0.571. The number of rotatable bonds is 0. The zero-order valence-electron chi connectivity index (χ0n) is 5.79. The lowest BCUT2D eigenvalue weighted by atomic mass is 10.1. The van der Waals surface area contributed by atoms with Crippen molar-refractivity contribution in [1.29, 1.82) is 0 Å². The average Bonchev–Trinajstić information content (AvgIpc) is 1.83. The van der Waals surface area contributed by atoms with Crippen molar-refractivity contribution in [3.05, 3.63) is 12.3 Å². The van der Waals surface area contributed by atoms with Gasteiger partial charge in [0.05, 0.1) is 6.04 Å². The summed E-state index contributed by atoms with van der Waals surface area (Å²) in [6, 6.07) is 0.0787. The topological polar surface area (TPSA) is 20.3 Å². The molecule has 0 spiro atoms. The number of likely N-dealkylation sites (N-methyl/N-ethyl adjacent to an activating group) is 1. The van der Waals surface area contributed by atoms with Crippen LogP contribution in [0.25, 0.3) is 0 Å². The summed E-state index contributed by atoms with van der Waals surface area (Å²) in [5.41, 5.74) is 0. The number of carbonyl (C=O) groups is 1. The maximum absolute atomic E-state index is 10.9. The second-order valence-electron chi connectivity index (χ2n) is 2.40. The van der Waals surface area contributed by atoms with Gasteiger partial charge in [0.2, 0.25) is 0 Å². The highest BCUT2D eigenvalue weighted by Gasteiger charge is 2.16. The molecule has 0 amide bonds. The maximum atomic E-state index is 10.9. The van der Waals surface area contributed by atoms with E-state index in [9.17, 15) is 4.79 Å². The highest BCUT2D eigenvalue weighted by Crippen LogP contribution is 2.07. The normalized spacial score (nSPS) is 27.1. The van der Waals surface area contributed by atoms with E-state index in [1.807, 2.05) is 31.1 Å². The van der Waals surface area contributed by atoms with Crippen molar-refractivity contribution in [3.63, 3.8) is 0 Å². The van der Waals surface area contributed by atoms with Crippen molar-refractivity contribution in [2.75, 3.05) is 7.05 Å². The van der Waals surface area contributed by atoms with Crippen LogP contribution in [-0.4, -0.2) is 23.8 Å². The highest BCUT2D eigenvalue weighted by atomic mass is 16.1. The predicted molar refractivity (Wildman–Crippen MR) is 36.0 cm³/mol. The van der Waals surface area contributed by atoms with E-state index in [4.69, 9.17) is 0 Å². The van der Waals surface area contributed by atoms with E-state index in [1.165, 1.54) is 0 Å². The van der Waals surface area contributed by atoms with E-state index in [-0.39, 0.29) is 6.04 Å². The molecule has 2 heteroatoms. The number of carbonyl (C=O) groups excluding carboxylic acids is 1. The van der Waals surface area contributed by atoms with E-state index < -0.39 is 0 Å². The summed E-state index contributed by atoms with van der Waals surface area (Å²) < 4.78 is 0. The third kappa shape index (κ3) is 1.12. The smallest absolute Gasteiger partial charge is 0.158 e. The second kappa shape index (κ2) is 2.21. The third-order valence-electron chi connectivity index (χ3n) is 1.74. The molecule has 1 aliphatic heterocycles. The summed E-state index contributed by atoms with van der Waals surface area (Å²) in [4.78, 5) is 12.8. The first-order valence-corrected chi connectivity index (χ1v) is 3.13. The summed E-state index contributed by atoms with van der Waals surface area (Å²) in [5, 5.41) is 0. The molecule has 0 bridgehead atoms. The summed E-state index contributed by atoms with van der Waals surface area (Å²) in [5.74, 6) is 0.306. The molecule has 0 aliphatic carbocycles. The van der Waals surface area contributed by atoms with Crippen molar-refractivity contribution in [3.8, 4) is 0 Å². The Morgan fingerprint density at radius 3 is 2.89 bits per heavy atom. The van der Waals surface area contributed by atoms with Crippen LogP contribution in [-0.2, 0) is 4.79 Å². The summed E-state index contributed by atoms with van der Waals surface area (Å²) in [6.07, 6.45) is 4.44. The maximum Gasteiger partial charge on any atom is 0.158 e. The molecule has 0 aromatic carbocycles. The first-order valence-electron chi connectivity index (χ1n) is 3.13. The Morgan fingerprint density at radius 2 is 2.44 bits per heavy atom. The van der Waals surface area contributed by atoms with E-state index in [1.54, 1.807) is 0 Å². The quantitative estimate of drug-likeness (QED) is 0.477. The van der Waals surface area contributed by atoms with Gasteiger partial charge in [0.25, 0.3) is 0 Å². The number of ketones is 1. The number of allylic oxidation sites excluding steroid dienone is 1. The molecule has 0 N–H and O–H groups in total. The molecule has 1 atom stereocenters. The fourth-order valence-electron chi connectivity index (χ4n) is 0.862. The van der Waals surface area contributed by atoms with Crippen molar-refractivity contribution in [2.24, 2.45) is 0 Å². The first kappa shape index (κ1) is 6.33. The lowest BCUT2D eigenvalue weighted by Crippen LogP contribution is -2.34. The Hall–Kier alpha value is -0.790. The molecular formula is C7H11NO. The number of Topliss-reactive ketones (excluding diaryl/α,β-unsaturated/α-hetero) is 1. The highest BCUT2D eigenvalue weighted by molar-refractivity contribution is 5.85.